The standard InChI is InChI=1S/C26H23N3O4/c1-16-10-11-22(12-18(16)3)28(26(31)20-8-5-9-23(14-20)29(32)33)15-21-13-19-7-4-6-17(2)24(19)27-25(21)30/h4-14H,15H2,1-3H3,(H,27,30). The summed E-state index contributed by atoms with van der Waals surface area (Å²) in [7, 11) is 0. The molecule has 0 spiro atoms. The predicted octanol–water partition coefficient (Wildman–Crippen LogP) is 5.21. The normalized spacial score (nSPS) is 10.9. The molecule has 4 rings (SSSR count). The quantitative estimate of drug-likeness (QED) is 0.340. The van der Waals surface area contributed by atoms with Gasteiger partial charge in [-0.25, -0.2) is 0 Å². The molecule has 0 saturated heterocycles. The second-order valence-corrected chi connectivity index (χ2v) is 8.13. The van der Waals surface area contributed by atoms with Gasteiger partial charge in [-0.05, 0) is 67.1 Å². The number of nitrogens with zero attached hydrogens (tertiary/aromatic N) is 2. The third-order valence-corrected chi connectivity index (χ3v) is 5.84. The van der Waals surface area contributed by atoms with Crippen LogP contribution < -0.4 is 10.5 Å². The number of anilines is 1. The molecule has 1 heterocycles. The van der Waals surface area contributed by atoms with Crippen LogP contribution in [0.2, 0.25) is 0 Å². The molecule has 0 atom stereocenters. The number of rotatable bonds is 5. The van der Waals surface area contributed by atoms with E-state index in [-0.39, 0.29) is 23.4 Å². The smallest absolute Gasteiger partial charge is 0.270 e. The summed E-state index contributed by atoms with van der Waals surface area (Å²) >= 11 is 0. The van der Waals surface area contributed by atoms with E-state index in [1.165, 1.54) is 29.2 Å². The van der Waals surface area contributed by atoms with Gasteiger partial charge >= 0.3 is 0 Å². The maximum Gasteiger partial charge on any atom is 0.270 e. The maximum absolute atomic E-state index is 13.5. The lowest BCUT2D eigenvalue weighted by atomic mass is 10.1. The largest absolute Gasteiger partial charge is 0.321 e. The number of H-pyrrole nitrogens is 1. The van der Waals surface area contributed by atoms with E-state index in [0.717, 1.165) is 27.6 Å². The Morgan fingerprint density at radius 2 is 1.70 bits per heavy atom. The van der Waals surface area contributed by atoms with Crippen molar-refractivity contribution in [3.8, 4) is 0 Å². The van der Waals surface area contributed by atoms with Crippen molar-refractivity contribution in [3.63, 3.8) is 0 Å². The van der Waals surface area contributed by atoms with Gasteiger partial charge in [-0.2, -0.15) is 0 Å². The summed E-state index contributed by atoms with van der Waals surface area (Å²) in [5.74, 6) is -0.425. The summed E-state index contributed by atoms with van der Waals surface area (Å²) in [6, 6.07) is 18.7. The molecular formula is C26H23N3O4. The lowest BCUT2D eigenvalue weighted by molar-refractivity contribution is -0.384. The van der Waals surface area contributed by atoms with Crippen molar-refractivity contribution >= 4 is 28.2 Å². The van der Waals surface area contributed by atoms with Gasteiger partial charge in [-0.1, -0.05) is 30.3 Å². The molecule has 0 fully saturated rings. The summed E-state index contributed by atoms with van der Waals surface area (Å²) in [5.41, 5.74) is 4.54. The van der Waals surface area contributed by atoms with Crippen molar-refractivity contribution in [2.75, 3.05) is 4.90 Å². The van der Waals surface area contributed by atoms with Gasteiger partial charge in [0.2, 0.25) is 0 Å². The molecule has 0 aliphatic rings. The van der Waals surface area contributed by atoms with Crippen molar-refractivity contribution < 1.29 is 9.72 Å². The first-order chi connectivity index (χ1) is 15.7. The predicted molar refractivity (Wildman–Crippen MR) is 129 cm³/mol. The number of aromatic amines is 1. The fraction of sp³-hybridized carbons (Fsp3) is 0.154. The molecule has 7 nitrogen and oxygen atoms in total. The molecule has 33 heavy (non-hydrogen) atoms. The van der Waals surface area contributed by atoms with Crippen LogP contribution in [-0.4, -0.2) is 15.8 Å². The number of benzene rings is 3. The lowest BCUT2D eigenvalue weighted by Gasteiger charge is -2.24. The third kappa shape index (κ3) is 4.39. The molecule has 1 N–H and O–H groups in total. The van der Waals surface area contributed by atoms with E-state index in [0.29, 0.717) is 11.3 Å². The third-order valence-electron chi connectivity index (χ3n) is 5.84. The van der Waals surface area contributed by atoms with Crippen LogP contribution in [0, 0.1) is 30.9 Å². The minimum absolute atomic E-state index is 0.0171. The molecule has 0 saturated carbocycles. The molecule has 0 radical (unpaired) electrons. The van der Waals surface area contributed by atoms with E-state index in [4.69, 9.17) is 0 Å². The summed E-state index contributed by atoms with van der Waals surface area (Å²) < 4.78 is 0. The van der Waals surface area contributed by atoms with Crippen LogP contribution in [0.4, 0.5) is 11.4 Å². The highest BCUT2D eigenvalue weighted by atomic mass is 16.6. The number of amides is 1. The lowest BCUT2D eigenvalue weighted by Crippen LogP contribution is -2.33. The zero-order valence-electron chi connectivity index (χ0n) is 18.6. The first-order valence-electron chi connectivity index (χ1n) is 10.5. The molecule has 0 unspecified atom stereocenters. The van der Waals surface area contributed by atoms with E-state index in [1.54, 1.807) is 6.07 Å². The van der Waals surface area contributed by atoms with Crippen LogP contribution in [-0.2, 0) is 6.54 Å². The molecule has 1 aromatic heterocycles. The number of carbonyl (C=O) groups excluding carboxylic acids is 1. The van der Waals surface area contributed by atoms with Gasteiger partial charge in [0.05, 0.1) is 17.0 Å². The number of hydrogen-bond acceptors (Lipinski definition) is 4. The highest BCUT2D eigenvalue weighted by molar-refractivity contribution is 6.06. The minimum Gasteiger partial charge on any atom is -0.321 e. The van der Waals surface area contributed by atoms with Crippen molar-refractivity contribution in [2.24, 2.45) is 0 Å². The molecule has 7 heteroatoms. The van der Waals surface area contributed by atoms with Crippen molar-refractivity contribution in [1.82, 2.24) is 4.98 Å². The maximum atomic E-state index is 13.5. The number of fused-ring (bicyclic) bond motifs is 1. The van der Waals surface area contributed by atoms with Crippen LogP contribution in [0.5, 0.6) is 0 Å². The Balaban J connectivity index is 1.82. The number of carbonyl (C=O) groups is 1. The fourth-order valence-corrected chi connectivity index (χ4v) is 3.80. The summed E-state index contributed by atoms with van der Waals surface area (Å²) in [4.78, 5) is 41.5. The van der Waals surface area contributed by atoms with Crippen molar-refractivity contribution in [3.05, 3.63) is 115 Å². The van der Waals surface area contributed by atoms with Crippen LogP contribution in [0.1, 0.15) is 32.6 Å². The van der Waals surface area contributed by atoms with E-state index >= 15 is 0 Å². The Morgan fingerprint density at radius 1 is 0.939 bits per heavy atom. The Bertz CT molecular complexity index is 1460. The number of nitro benzene ring substituents is 1. The van der Waals surface area contributed by atoms with Crippen LogP contribution in [0.15, 0.2) is 71.5 Å². The van der Waals surface area contributed by atoms with Gasteiger partial charge in [-0.15, -0.1) is 0 Å². The molecule has 3 aromatic carbocycles. The monoisotopic (exact) mass is 441 g/mol. The van der Waals surface area contributed by atoms with E-state index in [2.05, 4.69) is 4.98 Å². The molecule has 1 amide bonds. The number of non-ortho nitro benzene ring substituents is 1. The Morgan fingerprint density at radius 3 is 2.42 bits per heavy atom. The van der Waals surface area contributed by atoms with Crippen molar-refractivity contribution in [2.45, 2.75) is 27.3 Å². The molecule has 0 aliphatic carbocycles. The Labute approximate surface area is 190 Å². The number of pyridine rings is 1. The van der Waals surface area contributed by atoms with Gasteiger partial charge in [0, 0.05) is 28.9 Å². The number of nitrogens with one attached hydrogen (secondary N) is 1. The number of aromatic nitrogens is 1. The average molecular weight is 441 g/mol. The second kappa shape index (κ2) is 8.70. The van der Waals surface area contributed by atoms with Crippen LogP contribution in [0.25, 0.3) is 10.9 Å². The van der Waals surface area contributed by atoms with Gasteiger partial charge in [0.25, 0.3) is 17.2 Å². The summed E-state index contributed by atoms with van der Waals surface area (Å²) in [6.07, 6.45) is 0. The highest BCUT2D eigenvalue weighted by Gasteiger charge is 2.22. The van der Waals surface area contributed by atoms with Crippen LogP contribution in [0.3, 0.4) is 0 Å². The molecule has 0 aliphatic heterocycles. The SMILES string of the molecule is Cc1ccc(N(Cc2cc3cccc(C)c3[nH]c2=O)C(=O)c2cccc([N+](=O)[O-])c2)cc1C. The van der Waals surface area contributed by atoms with E-state index in [1.807, 2.05) is 57.2 Å². The fourth-order valence-electron chi connectivity index (χ4n) is 3.80. The van der Waals surface area contributed by atoms with E-state index < -0.39 is 10.8 Å². The number of hydrogen-bond donors (Lipinski definition) is 1. The highest BCUT2D eigenvalue weighted by Crippen LogP contribution is 2.25. The summed E-state index contributed by atoms with van der Waals surface area (Å²) in [6.45, 7) is 5.86. The van der Waals surface area contributed by atoms with Gasteiger partial charge in [-0.3, -0.25) is 19.7 Å². The van der Waals surface area contributed by atoms with Gasteiger partial charge < -0.3 is 9.88 Å². The van der Waals surface area contributed by atoms with Crippen LogP contribution >= 0.6 is 0 Å². The first-order valence-corrected chi connectivity index (χ1v) is 10.5. The number of nitro groups is 1. The first kappa shape index (κ1) is 22.0. The summed E-state index contributed by atoms with van der Waals surface area (Å²) in [5, 5.41) is 12.1. The second-order valence-electron chi connectivity index (χ2n) is 8.13. The minimum atomic E-state index is -0.534. The van der Waals surface area contributed by atoms with Gasteiger partial charge in [0.1, 0.15) is 0 Å². The number of para-hydroxylation sites is 1. The molecule has 0 bridgehead atoms. The molecular weight excluding hydrogens is 418 g/mol. The molecule has 4 aromatic rings. The number of aryl methyl sites for hydroxylation is 3. The van der Waals surface area contributed by atoms with Gasteiger partial charge in [0.15, 0.2) is 0 Å². The zero-order valence-corrected chi connectivity index (χ0v) is 18.6. The average Bonchev–Trinajstić information content (AvgIpc) is 2.80. The molecule has 166 valence electrons. The topological polar surface area (TPSA) is 96.3 Å². The van der Waals surface area contributed by atoms with Crippen molar-refractivity contribution in [1.29, 1.82) is 0 Å². The van der Waals surface area contributed by atoms with E-state index in [9.17, 15) is 19.7 Å². The zero-order chi connectivity index (χ0) is 23.7. The Kier molecular flexibility index (Phi) is 5.79. The Hall–Kier alpha value is -4.26.